The summed E-state index contributed by atoms with van der Waals surface area (Å²) < 4.78 is 6.72. The molecule has 7 aromatic rings. The van der Waals surface area contributed by atoms with E-state index in [1.54, 1.807) is 0 Å². The van der Waals surface area contributed by atoms with Crippen molar-refractivity contribution in [3.05, 3.63) is 168 Å². The SMILES string of the molecule is CC12C=CC=CC1C1(c3ccccc3Oc3ccc(-c4cnc5ccccc5n4)cc31)c1cc(-c3cnc4ccccc4n3)ccc12. The predicted octanol–water partition coefficient (Wildman–Crippen LogP) is 9.36. The van der Waals surface area contributed by atoms with Gasteiger partial charge in [0, 0.05) is 33.6 Å². The number of ether oxygens (including phenoxy) is 1. The van der Waals surface area contributed by atoms with Gasteiger partial charge in [-0.2, -0.15) is 0 Å². The second kappa shape index (κ2) is 9.54. The smallest absolute Gasteiger partial charge is 0.131 e. The first-order valence-electron chi connectivity index (χ1n) is 16.0. The molecular formula is C42H28N4O. The average Bonchev–Trinajstić information content (AvgIpc) is 3.36. The second-order valence-corrected chi connectivity index (χ2v) is 12.9. The third-order valence-corrected chi connectivity index (χ3v) is 10.4. The Bertz CT molecular complexity index is 2500. The first kappa shape index (κ1) is 26.3. The van der Waals surface area contributed by atoms with Crippen molar-refractivity contribution in [1.82, 2.24) is 19.9 Å². The van der Waals surface area contributed by atoms with Gasteiger partial charge in [0.05, 0.1) is 51.3 Å². The third-order valence-electron chi connectivity index (χ3n) is 10.4. The van der Waals surface area contributed by atoms with E-state index in [4.69, 9.17) is 24.7 Å². The van der Waals surface area contributed by atoms with Crippen LogP contribution in [0.15, 0.2) is 146 Å². The zero-order valence-electron chi connectivity index (χ0n) is 25.6. The van der Waals surface area contributed by atoms with Gasteiger partial charge in [-0.15, -0.1) is 0 Å². The normalized spacial score (nSPS) is 21.7. The molecule has 0 bridgehead atoms. The van der Waals surface area contributed by atoms with Crippen LogP contribution in [0.2, 0.25) is 0 Å². The van der Waals surface area contributed by atoms with Crippen LogP contribution in [-0.4, -0.2) is 19.9 Å². The Morgan fingerprint density at radius 2 is 1.15 bits per heavy atom. The molecule has 10 rings (SSSR count). The molecule has 3 unspecified atom stereocenters. The lowest BCUT2D eigenvalue weighted by atomic mass is 9.59. The molecule has 0 fully saturated rings. The van der Waals surface area contributed by atoms with Gasteiger partial charge in [-0.3, -0.25) is 9.97 Å². The quantitative estimate of drug-likeness (QED) is 0.197. The lowest BCUT2D eigenvalue weighted by molar-refractivity contribution is 0.329. The van der Waals surface area contributed by atoms with Gasteiger partial charge in [0.25, 0.3) is 0 Å². The Hall–Kier alpha value is -5.94. The highest BCUT2D eigenvalue weighted by Crippen LogP contribution is 2.66. The first-order chi connectivity index (χ1) is 23.1. The van der Waals surface area contributed by atoms with E-state index < -0.39 is 5.41 Å². The summed E-state index contributed by atoms with van der Waals surface area (Å²) >= 11 is 0. The van der Waals surface area contributed by atoms with Crippen molar-refractivity contribution < 1.29 is 4.74 Å². The standard InChI is InChI=1S/C42H28N4O/c1-41-21-9-8-16-40(41)42(30-22-26(17-19-28(30)41)36-24-43-32-11-3-5-13-34(32)45-36)29-10-2-7-15-38(29)47-39-20-18-27(23-31(39)42)37-25-44-33-12-4-6-14-35(33)46-37/h2-25,40H,1H3. The van der Waals surface area contributed by atoms with E-state index in [1.807, 2.05) is 60.9 Å². The van der Waals surface area contributed by atoms with Crippen molar-refractivity contribution in [2.45, 2.75) is 17.8 Å². The highest BCUT2D eigenvalue weighted by atomic mass is 16.5. The van der Waals surface area contributed by atoms with Gasteiger partial charge in [0.1, 0.15) is 11.5 Å². The molecule has 5 nitrogen and oxygen atoms in total. The number of fused-ring (bicyclic) bond motifs is 11. The van der Waals surface area contributed by atoms with Gasteiger partial charge in [-0.25, -0.2) is 9.97 Å². The van der Waals surface area contributed by atoms with E-state index in [0.717, 1.165) is 67.2 Å². The van der Waals surface area contributed by atoms with E-state index in [0.29, 0.717) is 0 Å². The molecule has 0 saturated heterocycles. The molecule has 3 atom stereocenters. The molecule has 1 aliphatic heterocycles. The van der Waals surface area contributed by atoms with Crippen LogP contribution in [0.4, 0.5) is 0 Å². The summed E-state index contributed by atoms with van der Waals surface area (Å²) in [7, 11) is 0. The summed E-state index contributed by atoms with van der Waals surface area (Å²) in [6.07, 6.45) is 12.9. The molecule has 3 heterocycles. The number of allylic oxidation sites excluding steroid dienone is 4. The Morgan fingerprint density at radius 3 is 1.87 bits per heavy atom. The molecule has 0 amide bonds. The molecular weight excluding hydrogens is 576 g/mol. The molecule has 222 valence electrons. The summed E-state index contributed by atoms with van der Waals surface area (Å²) in [4.78, 5) is 19.6. The van der Waals surface area contributed by atoms with Crippen LogP contribution < -0.4 is 4.74 Å². The number of benzene rings is 5. The Morgan fingerprint density at radius 1 is 0.553 bits per heavy atom. The molecule has 0 radical (unpaired) electrons. The zero-order valence-corrected chi connectivity index (χ0v) is 25.6. The van der Waals surface area contributed by atoms with Crippen LogP contribution in [0, 0.1) is 5.92 Å². The maximum atomic E-state index is 6.72. The maximum Gasteiger partial charge on any atom is 0.131 e. The average molecular weight is 605 g/mol. The van der Waals surface area contributed by atoms with E-state index >= 15 is 0 Å². The molecule has 0 N–H and O–H groups in total. The summed E-state index contributed by atoms with van der Waals surface area (Å²) in [5.74, 6) is 1.83. The van der Waals surface area contributed by atoms with Crippen LogP contribution in [-0.2, 0) is 10.8 Å². The minimum Gasteiger partial charge on any atom is -0.457 e. The minimum absolute atomic E-state index is 0.0923. The van der Waals surface area contributed by atoms with Crippen molar-refractivity contribution in [1.29, 1.82) is 0 Å². The number of aromatic nitrogens is 4. The van der Waals surface area contributed by atoms with E-state index in [9.17, 15) is 0 Å². The highest BCUT2D eigenvalue weighted by Gasteiger charge is 2.61. The number of rotatable bonds is 2. The zero-order chi connectivity index (χ0) is 31.2. The largest absolute Gasteiger partial charge is 0.457 e. The van der Waals surface area contributed by atoms with Gasteiger partial charge < -0.3 is 4.74 Å². The van der Waals surface area contributed by atoms with Crippen LogP contribution in [0.5, 0.6) is 11.5 Å². The Labute approximate surface area is 272 Å². The van der Waals surface area contributed by atoms with Gasteiger partial charge in [0.15, 0.2) is 0 Å². The first-order valence-corrected chi connectivity index (χ1v) is 16.0. The van der Waals surface area contributed by atoms with Gasteiger partial charge in [-0.1, -0.05) is 85.8 Å². The fourth-order valence-corrected chi connectivity index (χ4v) is 8.30. The van der Waals surface area contributed by atoms with E-state index in [2.05, 4.69) is 91.9 Å². The predicted molar refractivity (Wildman–Crippen MR) is 185 cm³/mol. The molecule has 3 aliphatic rings. The summed E-state index contributed by atoms with van der Waals surface area (Å²) in [5.41, 5.74) is 11.3. The monoisotopic (exact) mass is 604 g/mol. The lowest BCUT2D eigenvalue weighted by Crippen LogP contribution is -2.42. The number of para-hydroxylation sites is 5. The lowest BCUT2D eigenvalue weighted by Gasteiger charge is -2.45. The number of hydrogen-bond donors (Lipinski definition) is 0. The topological polar surface area (TPSA) is 60.8 Å². The fourth-order valence-electron chi connectivity index (χ4n) is 8.30. The van der Waals surface area contributed by atoms with Crippen molar-refractivity contribution in [2.75, 3.05) is 0 Å². The van der Waals surface area contributed by atoms with Crippen molar-refractivity contribution >= 4 is 22.1 Å². The van der Waals surface area contributed by atoms with Gasteiger partial charge in [-0.05, 0) is 65.7 Å². The molecule has 5 aromatic carbocycles. The van der Waals surface area contributed by atoms with Crippen LogP contribution in [0.1, 0.15) is 29.2 Å². The third kappa shape index (κ3) is 3.59. The van der Waals surface area contributed by atoms with Crippen LogP contribution in [0.3, 0.4) is 0 Å². The number of hydrogen-bond acceptors (Lipinski definition) is 5. The molecule has 1 spiro atoms. The maximum absolute atomic E-state index is 6.72. The Kier molecular flexibility index (Phi) is 5.33. The summed E-state index contributed by atoms with van der Waals surface area (Å²) in [6, 6.07) is 37.9. The minimum atomic E-state index is -0.546. The van der Waals surface area contributed by atoms with E-state index in [1.165, 1.54) is 11.1 Å². The van der Waals surface area contributed by atoms with Crippen molar-refractivity contribution in [2.24, 2.45) is 5.92 Å². The van der Waals surface area contributed by atoms with E-state index in [-0.39, 0.29) is 11.3 Å². The van der Waals surface area contributed by atoms with Crippen LogP contribution in [0.25, 0.3) is 44.6 Å². The molecule has 2 aromatic heterocycles. The summed E-state index contributed by atoms with van der Waals surface area (Å²) in [6.45, 7) is 2.37. The summed E-state index contributed by atoms with van der Waals surface area (Å²) in [5, 5.41) is 0. The number of nitrogens with zero attached hydrogens (tertiary/aromatic N) is 4. The van der Waals surface area contributed by atoms with Crippen LogP contribution >= 0.6 is 0 Å². The fraction of sp³-hybridized carbons (Fsp3) is 0.0952. The van der Waals surface area contributed by atoms with Gasteiger partial charge in [0.2, 0.25) is 0 Å². The van der Waals surface area contributed by atoms with Crippen molar-refractivity contribution in [3.63, 3.8) is 0 Å². The molecule has 0 saturated carbocycles. The molecule has 5 heteroatoms. The highest BCUT2D eigenvalue weighted by molar-refractivity contribution is 5.81. The van der Waals surface area contributed by atoms with Crippen molar-refractivity contribution in [3.8, 4) is 34.0 Å². The second-order valence-electron chi connectivity index (χ2n) is 12.9. The Balaban J connectivity index is 1.27. The van der Waals surface area contributed by atoms with Gasteiger partial charge >= 0.3 is 0 Å². The molecule has 47 heavy (non-hydrogen) atoms. The molecule has 2 aliphatic carbocycles.